The summed E-state index contributed by atoms with van der Waals surface area (Å²) in [5.74, 6) is 1.51. The molecule has 1 heterocycles. The quantitative estimate of drug-likeness (QED) is 0.721. The fourth-order valence-corrected chi connectivity index (χ4v) is 3.44. The summed E-state index contributed by atoms with van der Waals surface area (Å²) in [6.45, 7) is 3.54. The Hall–Kier alpha value is -3.22. The van der Waals surface area contributed by atoms with Crippen molar-refractivity contribution in [2.24, 2.45) is 0 Å². The summed E-state index contributed by atoms with van der Waals surface area (Å²) < 4.78 is 16.5. The van der Waals surface area contributed by atoms with Gasteiger partial charge in [-0.15, -0.1) is 0 Å². The number of methoxy groups -OCH3 is 1. The molecule has 1 saturated heterocycles. The Labute approximate surface area is 176 Å². The van der Waals surface area contributed by atoms with Crippen molar-refractivity contribution in [1.29, 1.82) is 0 Å². The van der Waals surface area contributed by atoms with E-state index in [1.807, 2.05) is 37.3 Å². The first kappa shape index (κ1) is 21.5. The number of benzene rings is 2. The monoisotopic (exact) mass is 412 g/mol. The minimum Gasteiger partial charge on any atom is -0.496 e. The average molecular weight is 412 g/mol. The highest BCUT2D eigenvalue weighted by Crippen LogP contribution is 2.26. The van der Waals surface area contributed by atoms with E-state index in [0.717, 1.165) is 0 Å². The van der Waals surface area contributed by atoms with Crippen LogP contribution in [0.3, 0.4) is 0 Å². The third kappa shape index (κ3) is 5.43. The molecule has 3 rings (SSSR count). The van der Waals surface area contributed by atoms with Crippen LogP contribution < -0.4 is 19.5 Å². The standard InChI is InChI=1S/C23H28N2O5/c1-3-29-20-10-6-7-11-21(20)30-16-22(26)25-14-12-17(13-15-25)24-23(27)18-8-4-5-9-19(18)28-2/h4-11,17H,3,12-16H2,1-2H3,(H,24,27). The summed E-state index contributed by atoms with van der Waals surface area (Å²) in [5.41, 5.74) is 0.514. The molecule has 2 amide bonds. The molecule has 2 aromatic rings. The number of hydrogen-bond donors (Lipinski definition) is 1. The van der Waals surface area contributed by atoms with Crippen LogP contribution in [0.25, 0.3) is 0 Å². The zero-order valence-electron chi connectivity index (χ0n) is 17.4. The number of hydrogen-bond acceptors (Lipinski definition) is 5. The molecule has 1 aliphatic heterocycles. The topological polar surface area (TPSA) is 77.1 Å². The van der Waals surface area contributed by atoms with Crippen LogP contribution in [0.2, 0.25) is 0 Å². The van der Waals surface area contributed by atoms with Crippen molar-refractivity contribution in [2.75, 3.05) is 33.4 Å². The predicted octanol–water partition coefficient (Wildman–Crippen LogP) is 2.89. The molecule has 1 fully saturated rings. The third-order valence-corrected chi connectivity index (χ3v) is 5.03. The predicted molar refractivity (Wildman–Crippen MR) is 113 cm³/mol. The van der Waals surface area contributed by atoms with Crippen molar-refractivity contribution in [3.63, 3.8) is 0 Å². The highest BCUT2D eigenvalue weighted by molar-refractivity contribution is 5.97. The average Bonchev–Trinajstić information content (AvgIpc) is 2.79. The molecular weight excluding hydrogens is 384 g/mol. The van der Waals surface area contributed by atoms with E-state index in [0.29, 0.717) is 55.4 Å². The van der Waals surface area contributed by atoms with Crippen LogP contribution >= 0.6 is 0 Å². The van der Waals surface area contributed by atoms with Gasteiger partial charge < -0.3 is 24.4 Å². The summed E-state index contributed by atoms with van der Waals surface area (Å²) in [6.07, 6.45) is 1.39. The summed E-state index contributed by atoms with van der Waals surface area (Å²) in [7, 11) is 1.55. The molecule has 0 bridgehead atoms. The molecule has 0 radical (unpaired) electrons. The summed E-state index contributed by atoms with van der Waals surface area (Å²) in [6, 6.07) is 14.5. The maximum atomic E-state index is 12.5. The van der Waals surface area contributed by atoms with E-state index in [4.69, 9.17) is 14.2 Å². The van der Waals surface area contributed by atoms with Gasteiger partial charge in [-0.05, 0) is 44.0 Å². The molecular formula is C23H28N2O5. The number of carbonyl (C=O) groups excluding carboxylic acids is 2. The van der Waals surface area contributed by atoms with Gasteiger partial charge in [-0.25, -0.2) is 0 Å². The maximum absolute atomic E-state index is 12.5. The molecule has 0 aromatic heterocycles. The van der Waals surface area contributed by atoms with Crippen molar-refractivity contribution >= 4 is 11.8 Å². The molecule has 0 saturated carbocycles. The van der Waals surface area contributed by atoms with Gasteiger partial charge in [-0.2, -0.15) is 0 Å². The van der Waals surface area contributed by atoms with Crippen LogP contribution in [-0.2, 0) is 4.79 Å². The smallest absolute Gasteiger partial charge is 0.260 e. The first-order chi connectivity index (χ1) is 14.6. The van der Waals surface area contributed by atoms with Crippen LogP contribution in [0.1, 0.15) is 30.1 Å². The van der Waals surface area contributed by atoms with E-state index in [9.17, 15) is 9.59 Å². The van der Waals surface area contributed by atoms with Crippen molar-refractivity contribution in [1.82, 2.24) is 10.2 Å². The molecule has 0 atom stereocenters. The molecule has 1 N–H and O–H groups in total. The minimum absolute atomic E-state index is 0.0195. The van der Waals surface area contributed by atoms with Gasteiger partial charge in [-0.3, -0.25) is 9.59 Å². The lowest BCUT2D eigenvalue weighted by Gasteiger charge is -2.32. The summed E-state index contributed by atoms with van der Waals surface area (Å²) in [4.78, 5) is 26.9. The second kappa shape index (κ2) is 10.5. The lowest BCUT2D eigenvalue weighted by Crippen LogP contribution is -2.47. The molecule has 0 aliphatic carbocycles. The number of nitrogens with one attached hydrogen (secondary N) is 1. The molecule has 160 valence electrons. The van der Waals surface area contributed by atoms with Crippen LogP contribution in [0.15, 0.2) is 48.5 Å². The van der Waals surface area contributed by atoms with E-state index in [-0.39, 0.29) is 24.5 Å². The number of para-hydroxylation sites is 3. The van der Waals surface area contributed by atoms with Crippen LogP contribution in [0, 0.1) is 0 Å². The minimum atomic E-state index is -0.159. The fraction of sp³-hybridized carbons (Fsp3) is 0.391. The number of amides is 2. The summed E-state index contributed by atoms with van der Waals surface area (Å²) >= 11 is 0. The number of carbonyl (C=O) groups is 2. The summed E-state index contributed by atoms with van der Waals surface area (Å²) in [5, 5.41) is 3.04. The number of likely N-dealkylation sites (tertiary alicyclic amines) is 1. The first-order valence-electron chi connectivity index (χ1n) is 10.2. The van der Waals surface area contributed by atoms with Gasteiger partial charge in [-0.1, -0.05) is 24.3 Å². The Morgan fingerprint density at radius 3 is 2.20 bits per heavy atom. The number of ether oxygens (including phenoxy) is 3. The SMILES string of the molecule is CCOc1ccccc1OCC(=O)N1CCC(NC(=O)c2ccccc2OC)CC1. The first-order valence-corrected chi connectivity index (χ1v) is 10.2. The molecule has 2 aromatic carbocycles. The normalized spacial score (nSPS) is 14.1. The zero-order valence-corrected chi connectivity index (χ0v) is 17.4. The second-order valence-electron chi connectivity index (χ2n) is 7.00. The van der Waals surface area contributed by atoms with E-state index < -0.39 is 0 Å². The fourth-order valence-electron chi connectivity index (χ4n) is 3.44. The van der Waals surface area contributed by atoms with Crippen LogP contribution in [-0.4, -0.2) is 56.2 Å². The van der Waals surface area contributed by atoms with Crippen molar-refractivity contribution in [3.8, 4) is 17.2 Å². The van der Waals surface area contributed by atoms with Gasteiger partial charge in [0.2, 0.25) is 0 Å². The van der Waals surface area contributed by atoms with Crippen LogP contribution in [0.4, 0.5) is 0 Å². The van der Waals surface area contributed by atoms with Gasteiger partial charge in [0.1, 0.15) is 5.75 Å². The zero-order chi connectivity index (χ0) is 21.3. The van der Waals surface area contributed by atoms with E-state index in [1.54, 1.807) is 30.2 Å². The highest BCUT2D eigenvalue weighted by Gasteiger charge is 2.25. The Balaban J connectivity index is 1.47. The second-order valence-corrected chi connectivity index (χ2v) is 7.00. The van der Waals surface area contributed by atoms with Crippen molar-refractivity contribution < 1.29 is 23.8 Å². The number of nitrogens with zero attached hydrogens (tertiary/aromatic N) is 1. The van der Waals surface area contributed by atoms with Gasteiger partial charge in [0.05, 0.1) is 19.3 Å². The lowest BCUT2D eigenvalue weighted by atomic mass is 10.0. The number of piperidine rings is 1. The Morgan fingerprint density at radius 1 is 0.967 bits per heavy atom. The van der Waals surface area contributed by atoms with Gasteiger partial charge in [0.15, 0.2) is 18.1 Å². The van der Waals surface area contributed by atoms with Crippen molar-refractivity contribution in [3.05, 3.63) is 54.1 Å². The molecule has 0 unspecified atom stereocenters. The van der Waals surface area contributed by atoms with Gasteiger partial charge >= 0.3 is 0 Å². The largest absolute Gasteiger partial charge is 0.496 e. The van der Waals surface area contributed by atoms with E-state index in [2.05, 4.69) is 5.32 Å². The molecule has 7 nitrogen and oxygen atoms in total. The Kier molecular flexibility index (Phi) is 7.54. The van der Waals surface area contributed by atoms with Gasteiger partial charge in [0.25, 0.3) is 11.8 Å². The van der Waals surface area contributed by atoms with E-state index in [1.165, 1.54) is 0 Å². The van der Waals surface area contributed by atoms with Gasteiger partial charge in [0, 0.05) is 19.1 Å². The maximum Gasteiger partial charge on any atom is 0.260 e. The highest BCUT2D eigenvalue weighted by atomic mass is 16.5. The molecule has 30 heavy (non-hydrogen) atoms. The number of rotatable bonds is 8. The Bertz CT molecular complexity index is 862. The van der Waals surface area contributed by atoms with Crippen LogP contribution in [0.5, 0.6) is 17.2 Å². The van der Waals surface area contributed by atoms with Crippen molar-refractivity contribution in [2.45, 2.75) is 25.8 Å². The Morgan fingerprint density at radius 2 is 1.57 bits per heavy atom. The molecule has 7 heteroatoms. The third-order valence-electron chi connectivity index (χ3n) is 5.03. The lowest BCUT2D eigenvalue weighted by molar-refractivity contribution is -0.134. The molecule has 0 spiro atoms. The molecule has 1 aliphatic rings. The van der Waals surface area contributed by atoms with E-state index >= 15 is 0 Å².